The van der Waals surface area contributed by atoms with Gasteiger partial charge in [0, 0.05) is 0 Å². The van der Waals surface area contributed by atoms with E-state index in [4.69, 9.17) is 15.3 Å². The summed E-state index contributed by atoms with van der Waals surface area (Å²) in [7, 11) is 0. The van der Waals surface area contributed by atoms with E-state index >= 15 is 0 Å². The maximum absolute atomic E-state index is 8.62. The van der Waals surface area contributed by atoms with Crippen molar-refractivity contribution in [3.05, 3.63) is 0 Å². The van der Waals surface area contributed by atoms with E-state index in [0.29, 0.717) is 0 Å². The van der Waals surface area contributed by atoms with Crippen LogP contribution in [0.1, 0.15) is 6.92 Å². The number of rotatable bonds is 4. The molecule has 2 atom stereocenters. The van der Waals surface area contributed by atoms with Crippen molar-refractivity contribution in [2.75, 3.05) is 13.2 Å². The molecule has 0 saturated carbocycles. The average Bonchev–Trinajstić information content (AvgIpc) is 1.83. The maximum Gasteiger partial charge on any atom is 0.151 e. The molecule has 0 aromatic carbocycles. The van der Waals surface area contributed by atoms with Crippen molar-refractivity contribution in [3.63, 3.8) is 0 Å². The first-order chi connectivity index (χ1) is 4.16. The second-order valence-corrected chi connectivity index (χ2v) is 1.77. The van der Waals surface area contributed by atoms with Crippen LogP contribution >= 0.6 is 0 Å². The smallest absolute Gasteiger partial charge is 0.151 e. The summed E-state index contributed by atoms with van der Waals surface area (Å²) in [5, 5.41) is 25.3. The van der Waals surface area contributed by atoms with E-state index in [0.717, 1.165) is 0 Å². The Hall–Kier alpha value is -0.160. The zero-order valence-corrected chi connectivity index (χ0v) is 5.32. The molecule has 2 unspecified atom stereocenters. The van der Waals surface area contributed by atoms with Crippen LogP contribution in [0.2, 0.25) is 0 Å². The molecule has 0 aromatic heterocycles. The second-order valence-electron chi connectivity index (χ2n) is 1.77. The van der Waals surface area contributed by atoms with Gasteiger partial charge in [0.15, 0.2) is 6.29 Å². The molecule has 3 N–H and O–H groups in total. The van der Waals surface area contributed by atoms with Gasteiger partial charge in [-0.1, -0.05) is 0 Å². The van der Waals surface area contributed by atoms with E-state index in [9.17, 15) is 0 Å². The van der Waals surface area contributed by atoms with Crippen molar-refractivity contribution in [3.8, 4) is 0 Å². The molecule has 0 heterocycles. The lowest BCUT2D eigenvalue weighted by Gasteiger charge is -2.09. The zero-order chi connectivity index (χ0) is 7.28. The molecule has 0 aliphatic heterocycles. The fourth-order valence-corrected chi connectivity index (χ4v) is 0.303. The van der Waals surface area contributed by atoms with Crippen LogP contribution in [0.15, 0.2) is 0 Å². The highest BCUT2D eigenvalue weighted by atomic mass is 16.6. The molecule has 0 aliphatic carbocycles. The predicted octanol–water partition coefficient (Wildman–Crippen LogP) is -1.31. The fourth-order valence-electron chi connectivity index (χ4n) is 0.303. The highest BCUT2D eigenvalue weighted by Gasteiger charge is 2.02. The topological polar surface area (TPSA) is 69.9 Å². The van der Waals surface area contributed by atoms with Crippen LogP contribution in [0, 0.1) is 0 Å². The van der Waals surface area contributed by atoms with Crippen LogP contribution in [0.3, 0.4) is 0 Å². The lowest BCUT2D eigenvalue weighted by atomic mass is 10.4. The Morgan fingerprint density at radius 3 is 2.33 bits per heavy atom. The van der Waals surface area contributed by atoms with Crippen molar-refractivity contribution in [1.82, 2.24) is 0 Å². The summed E-state index contributed by atoms with van der Waals surface area (Å²) in [4.78, 5) is 0. The van der Waals surface area contributed by atoms with Gasteiger partial charge in [0.05, 0.1) is 13.2 Å². The van der Waals surface area contributed by atoms with Crippen LogP contribution in [0.5, 0.6) is 0 Å². The number of hydrogen-bond donors (Lipinski definition) is 3. The third kappa shape index (κ3) is 5.72. The van der Waals surface area contributed by atoms with Gasteiger partial charge in [-0.25, -0.2) is 0 Å². The first kappa shape index (κ1) is 8.84. The van der Waals surface area contributed by atoms with Crippen LogP contribution in [-0.2, 0) is 4.74 Å². The van der Waals surface area contributed by atoms with Gasteiger partial charge in [0.2, 0.25) is 0 Å². The zero-order valence-electron chi connectivity index (χ0n) is 5.32. The van der Waals surface area contributed by atoms with Crippen molar-refractivity contribution >= 4 is 0 Å². The predicted molar refractivity (Wildman–Crippen MR) is 30.7 cm³/mol. The highest BCUT2D eigenvalue weighted by molar-refractivity contribution is 4.47. The van der Waals surface area contributed by atoms with Gasteiger partial charge in [-0.05, 0) is 6.92 Å². The monoisotopic (exact) mass is 136 g/mol. The quantitative estimate of drug-likeness (QED) is 0.420. The molecule has 9 heavy (non-hydrogen) atoms. The molecular weight excluding hydrogens is 124 g/mol. The van der Waals surface area contributed by atoms with Gasteiger partial charge in [-0.2, -0.15) is 0 Å². The normalized spacial score (nSPS) is 17.3. The third-order valence-electron chi connectivity index (χ3n) is 0.741. The summed E-state index contributed by atoms with van der Waals surface area (Å²) < 4.78 is 4.54. The lowest BCUT2D eigenvalue weighted by Crippen LogP contribution is -2.22. The van der Waals surface area contributed by atoms with Gasteiger partial charge >= 0.3 is 0 Å². The SMILES string of the molecule is CC(O)OCC(O)CO. The summed E-state index contributed by atoms with van der Waals surface area (Å²) in [6.45, 7) is 1.06. The molecule has 0 rings (SSSR count). The van der Waals surface area contributed by atoms with E-state index < -0.39 is 12.4 Å². The molecular formula is C5H12O4. The molecule has 0 fully saturated rings. The Morgan fingerprint density at radius 1 is 1.44 bits per heavy atom. The van der Waals surface area contributed by atoms with Crippen molar-refractivity contribution in [2.24, 2.45) is 0 Å². The number of aliphatic hydroxyl groups excluding tert-OH is 3. The van der Waals surface area contributed by atoms with Gasteiger partial charge in [-0.15, -0.1) is 0 Å². The van der Waals surface area contributed by atoms with Crippen molar-refractivity contribution in [2.45, 2.75) is 19.3 Å². The van der Waals surface area contributed by atoms with Crippen LogP contribution < -0.4 is 0 Å². The minimum Gasteiger partial charge on any atom is -0.394 e. The third-order valence-corrected chi connectivity index (χ3v) is 0.741. The maximum atomic E-state index is 8.62. The van der Waals surface area contributed by atoms with E-state index in [1.807, 2.05) is 0 Å². The van der Waals surface area contributed by atoms with Gasteiger partial charge in [0.25, 0.3) is 0 Å². The van der Waals surface area contributed by atoms with Gasteiger partial charge < -0.3 is 20.1 Å². The molecule has 0 amide bonds. The van der Waals surface area contributed by atoms with Crippen LogP contribution in [-0.4, -0.2) is 40.9 Å². The fraction of sp³-hybridized carbons (Fsp3) is 1.00. The van der Waals surface area contributed by atoms with Gasteiger partial charge in [0.1, 0.15) is 6.10 Å². The Balaban J connectivity index is 3.06. The van der Waals surface area contributed by atoms with Crippen LogP contribution in [0.4, 0.5) is 0 Å². The first-order valence-corrected chi connectivity index (χ1v) is 2.75. The summed E-state index contributed by atoms with van der Waals surface area (Å²) in [5.74, 6) is 0. The molecule has 4 heteroatoms. The van der Waals surface area contributed by atoms with Crippen LogP contribution in [0.25, 0.3) is 0 Å². The Morgan fingerprint density at radius 2 is 2.00 bits per heavy atom. The minimum atomic E-state index is -0.889. The molecule has 56 valence electrons. The van der Waals surface area contributed by atoms with E-state index in [1.54, 1.807) is 0 Å². The minimum absolute atomic E-state index is 0.0336. The molecule has 0 saturated heterocycles. The molecule has 4 nitrogen and oxygen atoms in total. The molecule has 0 bridgehead atoms. The van der Waals surface area contributed by atoms with Crippen molar-refractivity contribution in [1.29, 1.82) is 0 Å². The van der Waals surface area contributed by atoms with E-state index in [-0.39, 0.29) is 13.2 Å². The number of hydrogen-bond acceptors (Lipinski definition) is 4. The highest BCUT2D eigenvalue weighted by Crippen LogP contribution is 1.87. The molecule has 0 radical (unpaired) electrons. The van der Waals surface area contributed by atoms with E-state index in [2.05, 4.69) is 4.74 Å². The number of aliphatic hydroxyl groups is 3. The molecule has 0 aromatic rings. The summed E-state index contributed by atoms with van der Waals surface area (Å²) in [5.41, 5.74) is 0. The van der Waals surface area contributed by atoms with Crippen molar-refractivity contribution < 1.29 is 20.1 Å². The Kier molecular flexibility index (Phi) is 4.61. The summed E-state index contributed by atoms with van der Waals surface area (Å²) >= 11 is 0. The Labute approximate surface area is 53.7 Å². The molecule has 0 spiro atoms. The lowest BCUT2D eigenvalue weighted by molar-refractivity contribution is -0.115. The first-order valence-electron chi connectivity index (χ1n) is 2.75. The second kappa shape index (κ2) is 4.69. The standard InChI is InChI=1S/C5H12O4/c1-4(7)9-3-5(8)2-6/h4-8H,2-3H2,1H3. The molecule has 0 aliphatic rings. The Bertz CT molecular complexity index is 64.0. The average molecular weight is 136 g/mol. The van der Waals surface area contributed by atoms with E-state index in [1.165, 1.54) is 6.92 Å². The number of ether oxygens (including phenoxy) is 1. The summed E-state index contributed by atoms with van der Waals surface area (Å²) in [6, 6.07) is 0. The summed E-state index contributed by atoms with van der Waals surface area (Å²) in [6.07, 6.45) is -1.77. The van der Waals surface area contributed by atoms with Gasteiger partial charge in [-0.3, -0.25) is 0 Å². The largest absolute Gasteiger partial charge is 0.394 e.